The van der Waals surface area contributed by atoms with Crippen LogP contribution in [-0.4, -0.2) is 22.9 Å². The maximum absolute atomic E-state index is 9.66. The van der Waals surface area contributed by atoms with E-state index < -0.39 is 0 Å². The monoisotopic (exact) mass is 483 g/mol. The highest BCUT2D eigenvalue weighted by molar-refractivity contribution is 6.88. The van der Waals surface area contributed by atoms with E-state index in [0.717, 1.165) is 52.0 Å². The number of aromatic nitrogens is 2. The number of nitriles is 1. The molecule has 0 amide bonds. The largest absolute Gasteiger partial charge is 0.265 e. The molecule has 2 aromatic rings. The number of aliphatic imine (C=N–C) groups is 1. The van der Waals surface area contributed by atoms with Gasteiger partial charge in [-0.05, 0) is 85.1 Å². The van der Waals surface area contributed by atoms with Crippen LogP contribution in [-0.2, 0) is 6.42 Å². The van der Waals surface area contributed by atoms with E-state index in [2.05, 4.69) is 72.5 Å². The highest BCUT2D eigenvalue weighted by atomic mass is 14.9. The quantitative estimate of drug-likeness (QED) is 0.287. The molecular formula is C31H44BN4. The van der Waals surface area contributed by atoms with Crippen molar-refractivity contribution in [2.45, 2.75) is 88.5 Å². The summed E-state index contributed by atoms with van der Waals surface area (Å²) in [5.41, 5.74) is 7.75. The van der Waals surface area contributed by atoms with Crippen molar-refractivity contribution < 1.29 is 0 Å². The van der Waals surface area contributed by atoms with E-state index in [0.29, 0.717) is 29.1 Å². The standard InChI is InChI=1S/C29H38BN4.C2H6/c1-17(2)10-21-12-22(13-24(15-31)19(21)5)28-32-16-25-27(34-28)30-26(33-25)20(6)23(11-18(3)4)14-29(7,8)9;1-2/h12-13,16,18,20,23H,1,10-11,14H2,2-9H3;1-2H3. The predicted octanol–water partition coefficient (Wildman–Crippen LogP) is 7.58. The Morgan fingerprint density at radius 3 is 2.39 bits per heavy atom. The highest BCUT2D eigenvalue weighted by Crippen LogP contribution is 2.35. The molecule has 0 fully saturated rings. The van der Waals surface area contributed by atoms with Crippen molar-refractivity contribution in [2.24, 2.45) is 28.2 Å². The predicted molar refractivity (Wildman–Crippen MR) is 155 cm³/mol. The Labute approximate surface area is 220 Å². The Bertz CT molecular complexity index is 1150. The van der Waals surface area contributed by atoms with Crippen molar-refractivity contribution in [1.82, 2.24) is 9.97 Å². The number of hydrogen-bond acceptors (Lipinski definition) is 4. The molecule has 1 aromatic heterocycles. The number of fused-ring (bicyclic) bond motifs is 1. The average molecular weight is 484 g/mol. The summed E-state index contributed by atoms with van der Waals surface area (Å²) in [6, 6.07) is 6.30. The van der Waals surface area contributed by atoms with Crippen LogP contribution in [0, 0.1) is 41.4 Å². The van der Waals surface area contributed by atoms with Crippen LogP contribution in [0.1, 0.15) is 91.8 Å². The Balaban J connectivity index is 0.00000222. The second-order valence-corrected chi connectivity index (χ2v) is 11.6. The Hall–Kier alpha value is -2.74. The third-order valence-electron chi connectivity index (χ3n) is 6.54. The highest BCUT2D eigenvalue weighted by Gasteiger charge is 2.31. The van der Waals surface area contributed by atoms with Crippen LogP contribution in [0.3, 0.4) is 0 Å². The SMILES string of the molecule is C=C(C)Cc1cc(-c2ncc3c(n2)[B]C(C(C)C(CC(C)C)CC(C)(C)C)=N3)cc(C#N)c1C.CC. The fraction of sp³-hybridized carbons (Fsp3) is 0.548. The van der Waals surface area contributed by atoms with E-state index in [4.69, 9.17) is 9.98 Å². The van der Waals surface area contributed by atoms with Crippen LogP contribution in [0.5, 0.6) is 0 Å². The fourth-order valence-electron chi connectivity index (χ4n) is 4.89. The molecule has 191 valence electrons. The number of benzene rings is 1. The average Bonchev–Trinajstić information content (AvgIpc) is 3.22. The molecule has 2 heterocycles. The van der Waals surface area contributed by atoms with Crippen molar-refractivity contribution in [1.29, 1.82) is 5.26 Å². The van der Waals surface area contributed by atoms with Crippen LogP contribution in [0.2, 0.25) is 0 Å². The molecule has 1 radical (unpaired) electrons. The smallest absolute Gasteiger partial charge is 0.240 e. The van der Waals surface area contributed by atoms with Gasteiger partial charge in [0.25, 0.3) is 0 Å². The van der Waals surface area contributed by atoms with Gasteiger partial charge in [0.1, 0.15) is 0 Å². The molecule has 1 aliphatic rings. The molecule has 0 aliphatic carbocycles. The topological polar surface area (TPSA) is 61.9 Å². The first-order valence-corrected chi connectivity index (χ1v) is 13.4. The van der Waals surface area contributed by atoms with Gasteiger partial charge in [0.15, 0.2) is 5.82 Å². The molecule has 0 saturated carbocycles. The zero-order valence-corrected chi connectivity index (χ0v) is 24.2. The molecule has 0 bridgehead atoms. The summed E-state index contributed by atoms with van der Waals surface area (Å²) in [6.45, 7) is 25.9. The van der Waals surface area contributed by atoms with Crippen molar-refractivity contribution >= 4 is 24.2 Å². The third-order valence-corrected chi connectivity index (χ3v) is 6.54. The van der Waals surface area contributed by atoms with Crippen LogP contribution < -0.4 is 5.59 Å². The molecule has 0 saturated heterocycles. The normalized spacial score (nSPS) is 14.1. The molecule has 0 N–H and O–H groups in total. The summed E-state index contributed by atoms with van der Waals surface area (Å²) < 4.78 is 0. The molecule has 1 aromatic carbocycles. The first-order chi connectivity index (χ1) is 16.9. The molecule has 36 heavy (non-hydrogen) atoms. The minimum Gasteiger partial charge on any atom is -0.265 e. The summed E-state index contributed by atoms with van der Waals surface area (Å²) in [5.74, 6) is 2.20. The Morgan fingerprint density at radius 2 is 1.83 bits per heavy atom. The van der Waals surface area contributed by atoms with Gasteiger partial charge in [0.05, 0.1) is 23.5 Å². The lowest BCUT2D eigenvalue weighted by molar-refractivity contribution is 0.235. The van der Waals surface area contributed by atoms with Crippen molar-refractivity contribution in [3.8, 4) is 17.5 Å². The van der Waals surface area contributed by atoms with Gasteiger partial charge < -0.3 is 0 Å². The molecular weight excluding hydrogens is 439 g/mol. The zero-order valence-electron chi connectivity index (χ0n) is 24.2. The third kappa shape index (κ3) is 7.63. The lowest BCUT2D eigenvalue weighted by Gasteiger charge is -2.32. The van der Waals surface area contributed by atoms with Gasteiger partial charge >= 0.3 is 0 Å². The lowest BCUT2D eigenvalue weighted by atomic mass is 9.61. The van der Waals surface area contributed by atoms with Gasteiger partial charge in [-0.15, -0.1) is 0 Å². The summed E-state index contributed by atoms with van der Waals surface area (Å²) >= 11 is 0. The summed E-state index contributed by atoms with van der Waals surface area (Å²) in [5, 5.41) is 9.66. The van der Waals surface area contributed by atoms with E-state index in [1.807, 2.05) is 40.0 Å². The second kappa shape index (κ2) is 12.5. The summed E-state index contributed by atoms with van der Waals surface area (Å²) in [4.78, 5) is 14.4. The van der Waals surface area contributed by atoms with Crippen molar-refractivity contribution in [3.63, 3.8) is 0 Å². The molecule has 5 heteroatoms. The number of hydrogen-bond donors (Lipinski definition) is 0. The van der Waals surface area contributed by atoms with Gasteiger partial charge in [0.2, 0.25) is 7.28 Å². The first kappa shape index (κ1) is 29.5. The summed E-state index contributed by atoms with van der Waals surface area (Å²) in [7, 11) is 2.13. The minimum atomic E-state index is 0.276. The van der Waals surface area contributed by atoms with Gasteiger partial charge in [-0.1, -0.05) is 67.5 Å². The maximum Gasteiger partial charge on any atom is 0.240 e. The minimum absolute atomic E-state index is 0.276. The number of nitrogens with zero attached hydrogens (tertiary/aromatic N) is 4. The molecule has 4 nitrogen and oxygen atoms in total. The van der Waals surface area contributed by atoms with E-state index in [-0.39, 0.29) is 5.41 Å². The van der Waals surface area contributed by atoms with E-state index in [9.17, 15) is 5.26 Å². The van der Waals surface area contributed by atoms with E-state index >= 15 is 0 Å². The molecule has 1 aliphatic heterocycles. The van der Waals surface area contributed by atoms with Crippen LogP contribution in [0.4, 0.5) is 5.69 Å². The van der Waals surface area contributed by atoms with Crippen LogP contribution in [0.25, 0.3) is 11.4 Å². The zero-order chi connectivity index (χ0) is 27.2. The summed E-state index contributed by atoms with van der Waals surface area (Å²) in [6.07, 6.45) is 4.91. The van der Waals surface area contributed by atoms with Gasteiger partial charge in [0, 0.05) is 11.2 Å². The molecule has 0 spiro atoms. The van der Waals surface area contributed by atoms with Crippen LogP contribution >= 0.6 is 0 Å². The van der Waals surface area contributed by atoms with E-state index in [1.165, 1.54) is 6.42 Å². The van der Waals surface area contributed by atoms with Gasteiger partial charge in [-0.3, -0.25) is 4.99 Å². The second-order valence-electron chi connectivity index (χ2n) is 11.6. The fourth-order valence-corrected chi connectivity index (χ4v) is 4.89. The Morgan fingerprint density at radius 1 is 1.17 bits per heavy atom. The first-order valence-electron chi connectivity index (χ1n) is 13.4. The van der Waals surface area contributed by atoms with Crippen LogP contribution in [0.15, 0.2) is 35.5 Å². The molecule has 3 rings (SSSR count). The number of rotatable bonds is 8. The molecule has 2 unspecified atom stereocenters. The molecule has 2 atom stereocenters. The lowest BCUT2D eigenvalue weighted by Crippen LogP contribution is -2.32. The van der Waals surface area contributed by atoms with Gasteiger partial charge in [-0.25, -0.2) is 9.97 Å². The van der Waals surface area contributed by atoms with Crippen molar-refractivity contribution in [3.05, 3.63) is 47.2 Å². The van der Waals surface area contributed by atoms with E-state index in [1.54, 1.807) is 0 Å². The van der Waals surface area contributed by atoms with Crippen molar-refractivity contribution in [2.75, 3.05) is 0 Å². The Kier molecular flexibility index (Phi) is 10.2. The number of allylic oxidation sites excluding steroid dienone is 1. The maximum atomic E-state index is 9.66. The van der Waals surface area contributed by atoms with Gasteiger partial charge in [-0.2, -0.15) is 5.26 Å².